The lowest BCUT2D eigenvalue weighted by molar-refractivity contribution is -0.902. The second-order valence-electron chi connectivity index (χ2n) is 6.88. The summed E-state index contributed by atoms with van der Waals surface area (Å²) >= 11 is 6.26. The third kappa shape index (κ3) is 3.91. The van der Waals surface area contributed by atoms with Gasteiger partial charge in [0.05, 0.1) is 50.6 Å². The Labute approximate surface area is 169 Å². The summed E-state index contributed by atoms with van der Waals surface area (Å²) in [6.45, 7) is 8.60. The van der Waals surface area contributed by atoms with Gasteiger partial charge in [0.1, 0.15) is 10.7 Å². The number of benzene rings is 1. The van der Waals surface area contributed by atoms with Crippen molar-refractivity contribution in [3.8, 4) is 0 Å². The number of nitrogens with zero attached hydrogens (tertiary/aromatic N) is 2. The number of halogens is 1. The number of carbonyl (C=O) groups excluding carboxylic acids is 3. The first-order valence-corrected chi connectivity index (χ1v) is 10.00. The van der Waals surface area contributed by atoms with Crippen molar-refractivity contribution in [2.45, 2.75) is 20.3 Å². The molecule has 0 radical (unpaired) electrons. The van der Waals surface area contributed by atoms with Gasteiger partial charge in [-0.1, -0.05) is 18.5 Å². The zero-order valence-electron chi connectivity index (χ0n) is 16.2. The summed E-state index contributed by atoms with van der Waals surface area (Å²) in [7, 11) is 0. The summed E-state index contributed by atoms with van der Waals surface area (Å²) in [5.74, 6) is -1.38. The number of nitrogens with one attached hydrogen (secondary N) is 1. The molecule has 7 nitrogen and oxygen atoms in total. The fourth-order valence-corrected chi connectivity index (χ4v) is 3.71. The number of imide groups is 1. The standard InChI is InChI=1S/C20H24ClN3O4/c1-3-13-28-20(27)14-5-7-15(8-6-14)24-18(25)16(21)17(19(24)26)23-11-9-22(4-2)10-12-23/h5-8H,3-4,9-13H2,1-2H3/p+1. The van der Waals surface area contributed by atoms with E-state index in [1.807, 2.05) is 11.8 Å². The average Bonchev–Trinajstić information content (AvgIpc) is 2.95. The maximum Gasteiger partial charge on any atom is 0.338 e. The van der Waals surface area contributed by atoms with Crippen molar-refractivity contribution in [2.24, 2.45) is 0 Å². The van der Waals surface area contributed by atoms with E-state index in [1.54, 1.807) is 24.3 Å². The number of piperazine rings is 1. The van der Waals surface area contributed by atoms with Gasteiger partial charge in [0.15, 0.2) is 0 Å². The van der Waals surface area contributed by atoms with Crippen LogP contribution in [-0.2, 0) is 14.3 Å². The molecule has 0 aliphatic carbocycles. The van der Waals surface area contributed by atoms with Crippen molar-refractivity contribution >= 4 is 35.1 Å². The third-order valence-electron chi connectivity index (χ3n) is 5.09. The van der Waals surface area contributed by atoms with Crippen LogP contribution in [0.4, 0.5) is 5.69 Å². The van der Waals surface area contributed by atoms with Crippen LogP contribution in [0.5, 0.6) is 0 Å². The van der Waals surface area contributed by atoms with E-state index in [1.165, 1.54) is 4.90 Å². The van der Waals surface area contributed by atoms with Gasteiger partial charge in [-0.2, -0.15) is 0 Å². The van der Waals surface area contributed by atoms with E-state index in [9.17, 15) is 14.4 Å². The van der Waals surface area contributed by atoms with Crippen LogP contribution < -0.4 is 9.80 Å². The Kier molecular flexibility index (Phi) is 6.36. The zero-order chi connectivity index (χ0) is 20.3. The molecule has 1 aromatic rings. The van der Waals surface area contributed by atoms with Gasteiger partial charge >= 0.3 is 5.97 Å². The SMILES string of the molecule is CCCOC(=O)c1ccc(N2C(=O)C(Cl)=C(N3CC[NH+](CC)CC3)C2=O)cc1. The number of amides is 2. The first-order chi connectivity index (χ1) is 13.5. The van der Waals surface area contributed by atoms with E-state index in [0.29, 0.717) is 30.9 Å². The molecular formula is C20H25ClN3O4+. The normalized spacial score (nSPS) is 18.2. The highest BCUT2D eigenvalue weighted by molar-refractivity contribution is 6.52. The largest absolute Gasteiger partial charge is 0.462 e. The molecule has 8 heteroatoms. The van der Waals surface area contributed by atoms with Gasteiger partial charge in [0.2, 0.25) is 0 Å². The summed E-state index contributed by atoms with van der Waals surface area (Å²) in [5, 5.41) is -0.0450. The van der Waals surface area contributed by atoms with Crippen LogP contribution in [0.1, 0.15) is 30.6 Å². The van der Waals surface area contributed by atoms with Crippen molar-refractivity contribution < 1.29 is 24.0 Å². The predicted molar refractivity (Wildman–Crippen MR) is 105 cm³/mol. The Hall–Kier alpha value is -2.38. The molecule has 0 atom stereocenters. The number of ether oxygens (including phenoxy) is 1. The number of carbonyl (C=O) groups is 3. The zero-order valence-corrected chi connectivity index (χ0v) is 16.9. The summed E-state index contributed by atoms with van der Waals surface area (Å²) in [6.07, 6.45) is 0.738. The highest BCUT2D eigenvalue weighted by atomic mass is 35.5. The molecule has 28 heavy (non-hydrogen) atoms. The molecule has 1 saturated heterocycles. The van der Waals surface area contributed by atoms with Gasteiger partial charge in [0, 0.05) is 0 Å². The maximum atomic E-state index is 13.0. The Balaban J connectivity index is 1.75. The fourth-order valence-electron chi connectivity index (χ4n) is 3.42. The molecule has 0 saturated carbocycles. The van der Waals surface area contributed by atoms with Crippen LogP contribution in [0.25, 0.3) is 0 Å². The second-order valence-corrected chi connectivity index (χ2v) is 7.26. The topological polar surface area (TPSA) is 71.4 Å². The molecule has 0 bridgehead atoms. The molecule has 0 spiro atoms. The number of quaternary nitrogens is 1. The van der Waals surface area contributed by atoms with Gasteiger partial charge in [-0.15, -0.1) is 0 Å². The lowest BCUT2D eigenvalue weighted by atomic mass is 10.2. The molecule has 0 aromatic heterocycles. The van der Waals surface area contributed by atoms with Gasteiger partial charge in [-0.3, -0.25) is 9.59 Å². The molecule has 150 valence electrons. The lowest BCUT2D eigenvalue weighted by Crippen LogP contribution is -3.14. The quantitative estimate of drug-likeness (QED) is 0.559. The smallest absolute Gasteiger partial charge is 0.338 e. The van der Waals surface area contributed by atoms with E-state index < -0.39 is 17.8 Å². The average molecular weight is 407 g/mol. The monoisotopic (exact) mass is 406 g/mol. The molecule has 2 aliphatic heterocycles. The lowest BCUT2D eigenvalue weighted by Gasteiger charge is -2.33. The number of rotatable bonds is 6. The number of anilines is 1. The molecule has 1 aromatic carbocycles. The summed E-state index contributed by atoms with van der Waals surface area (Å²) in [5.41, 5.74) is 1.02. The van der Waals surface area contributed by atoms with Crippen molar-refractivity contribution in [3.63, 3.8) is 0 Å². The summed E-state index contributed by atoms with van der Waals surface area (Å²) in [6, 6.07) is 6.21. The number of esters is 1. The predicted octanol–water partition coefficient (Wildman–Crippen LogP) is 0.797. The molecule has 3 rings (SSSR count). The molecule has 1 N–H and O–H groups in total. The highest BCUT2D eigenvalue weighted by Gasteiger charge is 2.42. The Morgan fingerprint density at radius 1 is 1.11 bits per heavy atom. The molecule has 2 amide bonds. The third-order valence-corrected chi connectivity index (χ3v) is 5.43. The van der Waals surface area contributed by atoms with Gasteiger partial charge < -0.3 is 14.5 Å². The summed E-state index contributed by atoms with van der Waals surface area (Å²) < 4.78 is 5.09. The van der Waals surface area contributed by atoms with Crippen LogP contribution in [0, 0.1) is 0 Å². The Morgan fingerprint density at radius 3 is 2.32 bits per heavy atom. The Morgan fingerprint density at radius 2 is 1.75 bits per heavy atom. The minimum Gasteiger partial charge on any atom is -0.462 e. The van der Waals surface area contributed by atoms with E-state index in [4.69, 9.17) is 16.3 Å². The first kappa shape index (κ1) is 20.4. The van der Waals surface area contributed by atoms with Crippen molar-refractivity contribution in [1.82, 2.24) is 4.90 Å². The second kappa shape index (κ2) is 8.75. The minimum absolute atomic E-state index is 0.0450. The van der Waals surface area contributed by atoms with E-state index in [2.05, 4.69) is 6.92 Å². The van der Waals surface area contributed by atoms with Crippen molar-refractivity contribution in [1.29, 1.82) is 0 Å². The first-order valence-electron chi connectivity index (χ1n) is 9.62. The molecule has 2 heterocycles. The van der Waals surface area contributed by atoms with Crippen LogP contribution in [-0.4, -0.2) is 62.0 Å². The van der Waals surface area contributed by atoms with Gasteiger partial charge in [-0.25, -0.2) is 9.69 Å². The number of hydrogen-bond donors (Lipinski definition) is 1. The molecule has 1 fully saturated rings. The van der Waals surface area contributed by atoms with Crippen LogP contribution in [0.15, 0.2) is 35.0 Å². The van der Waals surface area contributed by atoms with Crippen molar-refractivity contribution in [3.05, 3.63) is 40.6 Å². The van der Waals surface area contributed by atoms with Crippen LogP contribution in [0.2, 0.25) is 0 Å². The molecular weight excluding hydrogens is 382 g/mol. The van der Waals surface area contributed by atoms with Crippen LogP contribution in [0.3, 0.4) is 0 Å². The minimum atomic E-state index is -0.534. The van der Waals surface area contributed by atoms with E-state index >= 15 is 0 Å². The Bertz CT molecular complexity index is 798. The number of likely N-dealkylation sites (N-methyl/N-ethyl adjacent to an activating group) is 1. The number of hydrogen-bond acceptors (Lipinski definition) is 5. The highest BCUT2D eigenvalue weighted by Crippen LogP contribution is 2.31. The van der Waals surface area contributed by atoms with Gasteiger partial charge in [-0.05, 0) is 37.6 Å². The molecule has 0 unspecified atom stereocenters. The van der Waals surface area contributed by atoms with Crippen molar-refractivity contribution in [2.75, 3.05) is 44.2 Å². The maximum absolute atomic E-state index is 13.0. The fraction of sp³-hybridized carbons (Fsp3) is 0.450. The van der Waals surface area contributed by atoms with Gasteiger partial charge in [0.25, 0.3) is 11.8 Å². The van der Waals surface area contributed by atoms with Crippen LogP contribution >= 0.6 is 11.6 Å². The summed E-state index contributed by atoms with van der Waals surface area (Å²) in [4.78, 5) is 42.0. The molecule has 2 aliphatic rings. The van der Waals surface area contributed by atoms with E-state index in [-0.39, 0.29) is 10.7 Å². The van der Waals surface area contributed by atoms with E-state index in [0.717, 1.165) is 31.0 Å².